The normalized spacial score (nSPS) is 45.5. The summed E-state index contributed by atoms with van der Waals surface area (Å²) in [7, 11) is 0. The molecule has 1 unspecified atom stereocenters. The monoisotopic (exact) mass is 597 g/mol. The van der Waals surface area contributed by atoms with E-state index in [-0.39, 0.29) is 45.1 Å². The van der Waals surface area contributed by atoms with Crippen molar-refractivity contribution in [2.75, 3.05) is 13.2 Å². The first kappa shape index (κ1) is 33.0. The average molecular weight is 598 g/mol. The fourth-order valence-corrected chi connectivity index (χ4v) is 12.7. The van der Waals surface area contributed by atoms with Gasteiger partial charge in [-0.2, -0.15) is 0 Å². The molecular formula is C38H63NO4. The van der Waals surface area contributed by atoms with E-state index in [1.54, 1.807) is 13.8 Å². The predicted molar refractivity (Wildman–Crippen MR) is 173 cm³/mol. The van der Waals surface area contributed by atoms with Crippen LogP contribution in [0.1, 0.15) is 133 Å². The fraction of sp³-hybridized carbons (Fsp3) is 0.895. The molecule has 0 aromatic heterocycles. The lowest BCUT2D eigenvalue weighted by molar-refractivity contribution is -0.252. The molecule has 5 aliphatic carbocycles. The number of hydrogen-bond acceptors (Lipinski definition) is 5. The van der Waals surface area contributed by atoms with E-state index < -0.39 is 0 Å². The minimum Gasteiger partial charge on any atom is -0.465 e. The molecular weight excluding hydrogens is 534 g/mol. The summed E-state index contributed by atoms with van der Waals surface area (Å²) < 4.78 is 11.9. The quantitative estimate of drug-likeness (QED) is 0.224. The summed E-state index contributed by atoms with van der Waals surface area (Å²) >= 11 is 0. The lowest BCUT2D eigenvalue weighted by Crippen LogP contribution is -2.67. The van der Waals surface area contributed by atoms with Gasteiger partial charge in [-0.05, 0) is 123 Å². The molecule has 0 saturated heterocycles. The van der Waals surface area contributed by atoms with Gasteiger partial charge in [-0.3, -0.25) is 9.59 Å². The zero-order valence-electron chi connectivity index (χ0n) is 29.1. The first-order valence-corrected chi connectivity index (χ1v) is 17.8. The second-order valence-electron chi connectivity index (χ2n) is 17.3. The largest absolute Gasteiger partial charge is 0.465 e. The Morgan fingerprint density at radius 1 is 0.860 bits per heavy atom. The number of hydrogen-bond donors (Lipinski definition) is 1. The maximum absolute atomic E-state index is 12.1. The summed E-state index contributed by atoms with van der Waals surface area (Å²) in [5.74, 6) is 2.59. The number of esters is 2. The Bertz CT molecular complexity index is 1100. The molecule has 5 rings (SSSR count). The van der Waals surface area contributed by atoms with E-state index in [0.717, 1.165) is 38.6 Å². The number of ether oxygens (including phenoxy) is 2. The standard InChI is InChI=1S/C38H63NO4/c1-11-25(3)39-22-24(2)28-14-19-38(23-42-26(4)40)21-20-36(9)29(33(28)38)12-13-31-35(8)17-16-32(43-27(5)41)34(6,7)30(35)15-18-37(31,36)10/h25,28-33,39H,2,11-23H2,1,3-10H3/t25?,28-,29+,30-,31+,32-,33+,35-,36+,37+,38+/m0/s1. The van der Waals surface area contributed by atoms with Crippen LogP contribution in [0.4, 0.5) is 0 Å². The number of rotatable bonds is 8. The summed E-state index contributed by atoms with van der Waals surface area (Å²) in [6.45, 7) is 26.6. The molecule has 0 spiro atoms. The van der Waals surface area contributed by atoms with Crippen LogP contribution in [0.2, 0.25) is 0 Å². The first-order chi connectivity index (χ1) is 20.1. The van der Waals surface area contributed by atoms with Crippen molar-refractivity contribution < 1.29 is 19.1 Å². The highest BCUT2D eigenvalue weighted by Gasteiger charge is 2.71. The van der Waals surface area contributed by atoms with Crippen LogP contribution in [0.3, 0.4) is 0 Å². The van der Waals surface area contributed by atoms with E-state index in [9.17, 15) is 9.59 Å². The van der Waals surface area contributed by atoms with Gasteiger partial charge < -0.3 is 14.8 Å². The highest BCUT2D eigenvalue weighted by molar-refractivity contribution is 5.66. The van der Waals surface area contributed by atoms with Gasteiger partial charge in [0, 0.05) is 37.3 Å². The van der Waals surface area contributed by atoms with E-state index in [0.29, 0.717) is 42.2 Å². The van der Waals surface area contributed by atoms with Crippen LogP contribution >= 0.6 is 0 Å². The highest BCUT2D eigenvalue weighted by atomic mass is 16.5. The van der Waals surface area contributed by atoms with E-state index in [1.165, 1.54) is 44.1 Å². The highest BCUT2D eigenvalue weighted by Crippen LogP contribution is 2.77. The molecule has 0 heterocycles. The van der Waals surface area contributed by atoms with Gasteiger partial charge in [0.25, 0.3) is 0 Å². The zero-order chi connectivity index (χ0) is 31.6. The molecule has 0 amide bonds. The molecule has 0 radical (unpaired) electrons. The van der Waals surface area contributed by atoms with Gasteiger partial charge in [-0.25, -0.2) is 0 Å². The minimum absolute atomic E-state index is 0.0135. The summed E-state index contributed by atoms with van der Waals surface area (Å²) in [4.78, 5) is 24.1. The van der Waals surface area contributed by atoms with Crippen LogP contribution in [-0.4, -0.2) is 37.2 Å². The molecule has 244 valence electrons. The van der Waals surface area contributed by atoms with Gasteiger partial charge in [0.05, 0.1) is 6.61 Å². The molecule has 0 bridgehead atoms. The van der Waals surface area contributed by atoms with Crippen LogP contribution in [0, 0.1) is 56.7 Å². The maximum Gasteiger partial charge on any atom is 0.302 e. The third kappa shape index (κ3) is 5.14. The Balaban J connectivity index is 1.47. The van der Waals surface area contributed by atoms with E-state index in [4.69, 9.17) is 16.1 Å². The number of carbonyl (C=O) groups is 2. The lowest BCUT2D eigenvalue weighted by Gasteiger charge is -2.73. The Labute approximate surface area is 263 Å². The second-order valence-corrected chi connectivity index (χ2v) is 17.3. The summed E-state index contributed by atoms with van der Waals surface area (Å²) in [6.07, 6.45) is 13.0. The Morgan fingerprint density at radius 3 is 2.23 bits per heavy atom. The average Bonchev–Trinajstić information content (AvgIpc) is 3.32. The smallest absolute Gasteiger partial charge is 0.302 e. The fourth-order valence-electron chi connectivity index (χ4n) is 12.7. The van der Waals surface area contributed by atoms with E-state index >= 15 is 0 Å². The Hall–Kier alpha value is -1.36. The van der Waals surface area contributed by atoms with Crippen LogP contribution in [0.25, 0.3) is 0 Å². The Kier molecular flexibility index (Phi) is 8.80. The van der Waals surface area contributed by atoms with Crippen molar-refractivity contribution in [2.24, 2.45) is 56.7 Å². The summed E-state index contributed by atoms with van der Waals surface area (Å²) in [5, 5.41) is 3.74. The first-order valence-electron chi connectivity index (χ1n) is 17.8. The molecule has 11 atom stereocenters. The van der Waals surface area contributed by atoms with Crippen LogP contribution in [0.15, 0.2) is 12.2 Å². The summed E-state index contributed by atoms with van der Waals surface area (Å²) in [5.41, 5.74) is 2.20. The zero-order valence-corrected chi connectivity index (χ0v) is 29.1. The molecule has 5 nitrogen and oxygen atoms in total. The van der Waals surface area contributed by atoms with Gasteiger partial charge >= 0.3 is 11.9 Å². The molecule has 0 aliphatic heterocycles. The second kappa shape index (κ2) is 11.5. The molecule has 5 heteroatoms. The Morgan fingerprint density at radius 2 is 1.58 bits per heavy atom. The van der Waals surface area contributed by atoms with E-state index in [2.05, 4.69) is 53.8 Å². The third-order valence-electron chi connectivity index (χ3n) is 15.2. The van der Waals surface area contributed by atoms with Gasteiger partial charge in [0.1, 0.15) is 6.10 Å². The maximum atomic E-state index is 12.1. The van der Waals surface area contributed by atoms with Crippen molar-refractivity contribution in [1.82, 2.24) is 5.32 Å². The van der Waals surface area contributed by atoms with Crippen molar-refractivity contribution in [3.63, 3.8) is 0 Å². The van der Waals surface area contributed by atoms with Crippen molar-refractivity contribution in [3.8, 4) is 0 Å². The minimum atomic E-state index is -0.143. The number of carbonyl (C=O) groups excluding carboxylic acids is 2. The topological polar surface area (TPSA) is 64.6 Å². The molecule has 1 N–H and O–H groups in total. The molecule has 5 saturated carbocycles. The predicted octanol–water partition coefficient (Wildman–Crippen LogP) is 8.51. The van der Waals surface area contributed by atoms with Gasteiger partial charge in [0.2, 0.25) is 0 Å². The number of nitrogens with one attached hydrogen (secondary N) is 1. The van der Waals surface area contributed by atoms with Crippen molar-refractivity contribution in [2.45, 2.75) is 145 Å². The summed E-state index contributed by atoms with van der Waals surface area (Å²) in [6, 6.07) is 0.492. The third-order valence-corrected chi connectivity index (χ3v) is 15.2. The van der Waals surface area contributed by atoms with Crippen molar-refractivity contribution >= 4 is 11.9 Å². The molecule has 5 fully saturated rings. The molecule has 5 aliphatic rings. The number of fused-ring (bicyclic) bond motifs is 7. The van der Waals surface area contributed by atoms with Crippen LogP contribution < -0.4 is 5.32 Å². The molecule has 0 aromatic rings. The molecule has 43 heavy (non-hydrogen) atoms. The van der Waals surface area contributed by atoms with E-state index in [1.807, 2.05) is 0 Å². The van der Waals surface area contributed by atoms with Gasteiger partial charge in [0.15, 0.2) is 0 Å². The van der Waals surface area contributed by atoms with Crippen molar-refractivity contribution in [3.05, 3.63) is 12.2 Å². The van der Waals surface area contributed by atoms with Crippen LogP contribution in [-0.2, 0) is 19.1 Å². The SMILES string of the molecule is C=C(CNC(C)CC)[C@@H]1CC[C@]2(COC(C)=O)CC[C@]3(C)[C@H](CC[C@@H]4[C@@]5(C)CC[C@H](OC(C)=O)C(C)(C)[C@@H]5CC[C@]43C)[C@@H]12. The lowest BCUT2D eigenvalue weighted by atomic mass is 9.32. The van der Waals surface area contributed by atoms with Gasteiger partial charge in [-0.15, -0.1) is 0 Å². The van der Waals surface area contributed by atoms with Crippen molar-refractivity contribution in [1.29, 1.82) is 0 Å². The van der Waals surface area contributed by atoms with Crippen LogP contribution in [0.5, 0.6) is 0 Å². The van der Waals surface area contributed by atoms with Gasteiger partial charge in [-0.1, -0.05) is 53.7 Å². The molecule has 0 aromatic carbocycles.